The molecule has 2 heterocycles. The molecule has 2 fully saturated rings. The first-order chi connectivity index (χ1) is 10.2. The molecule has 2 aliphatic rings. The molecule has 0 spiro atoms. The van der Waals surface area contributed by atoms with E-state index in [0.717, 1.165) is 39.1 Å². The molecular weight excluding hydrogens is 339 g/mol. The third-order valence-corrected chi connectivity index (χ3v) is 4.34. The van der Waals surface area contributed by atoms with E-state index in [-0.39, 0.29) is 36.6 Å². The Morgan fingerprint density at radius 1 is 1.17 bits per heavy atom. The lowest BCUT2D eigenvalue weighted by Gasteiger charge is -2.34. The lowest BCUT2D eigenvalue weighted by molar-refractivity contribution is -0.133. The summed E-state index contributed by atoms with van der Waals surface area (Å²) in [6.45, 7) is 7.22. The third-order valence-electron chi connectivity index (χ3n) is 4.34. The summed E-state index contributed by atoms with van der Waals surface area (Å²) >= 11 is 0. The molecule has 0 aliphatic carbocycles. The predicted octanol–water partition coefficient (Wildman–Crippen LogP) is 0.643. The summed E-state index contributed by atoms with van der Waals surface area (Å²) in [6, 6.07) is 0.535. The molecular formula is C15H30Cl2N4O2. The lowest BCUT2D eigenvalue weighted by Crippen LogP contribution is -2.51. The molecule has 1 atom stereocenters. The van der Waals surface area contributed by atoms with Gasteiger partial charge in [0.1, 0.15) is 0 Å². The molecule has 1 unspecified atom stereocenters. The summed E-state index contributed by atoms with van der Waals surface area (Å²) in [4.78, 5) is 27.8. The summed E-state index contributed by atoms with van der Waals surface area (Å²) in [7, 11) is 0. The van der Waals surface area contributed by atoms with Crippen molar-refractivity contribution in [2.24, 2.45) is 0 Å². The highest BCUT2D eigenvalue weighted by Crippen LogP contribution is 2.12. The van der Waals surface area contributed by atoms with E-state index in [1.165, 1.54) is 12.8 Å². The van der Waals surface area contributed by atoms with Gasteiger partial charge in [-0.1, -0.05) is 0 Å². The zero-order valence-corrected chi connectivity index (χ0v) is 15.5. The van der Waals surface area contributed by atoms with Gasteiger partial charge in [-0.2, -0.15) is 0 Å². The quantitative estimate of drug-likeness (QED) is 0.722. The Labute approximate surface area is 151 Å². The van der Waals surface area contributed by atoms with Gasteiger partial charge >= 0.3 is 0 Å². The first kappa shape index (κ1) is 22.4. The van der Waals surface area contributed by atoms with Crippen molar-refractivity contribution in [3.8, 4) is 0 Å². The van der Waals surface area contributed by atoms with Crippen molar-refractivity contribution in [1.82, 2.24) is 20.4 Å². The summed E-state index contributed by atoms with van der Waals surface area (Å²) in [6.07, 6.45) is 4.04. The van der Waals surface area contributed by atoms with Crippen LogP contribution in [0.1, 0.15) is 32.6 Å². The Hall–Kier alpha value is -0.560. The first-order valence-electron chi connectivity index (χ1n) is 8.19. The molecule has 136 valence electrons. The van der Waals surface area contributed by atoms with Crippen molar-refractivity contribution in [3.05, 3.63) is 0 Å². The van der Waals surface area contributed by atoms with Crippen molar-refractivity contribution in [3.63, 3.8) is 0 Å². The van der Waals surface area contributed by atoms with Gasteiger partial charge in [-0.15, -0.1) is 24.8 Å². The van der Waals surface area contributed by atoms with E-state index >= 15 is 0 Å². The van der Waals surface area contributed by atoms with Gasteiger partial charge in [-0.25, -0.2) is 0 Å². The number of carbonyl (C=O) groups excluding carboxylic acids is 2. The fraction of sp³-hybridized carbons (Fsp3) is 0.867. The zero-order valence-electron chi connectivity index (χ0n) is 13.9. The Bertz CT molecular complexity index is 357. The van der Waals surface area contributed by atoms with Gasteiger partial charge in [-0.3, -0.25) is 14.5 Å². The molecule has 0 saturated carbocycles. The average molecular weight is 369 g/mol. The number of hydrogen-bond acceptors (Lipinski definition) is 4. The predicted molar refractivity (Wildman–Crippen MR) is 96.5 cm³/mol. The minimum atomic E-state index is 0. The van der Waals surface area contributed by atoms with Crippen LogP contribution in [0, 0.1) is 0 Å². The summed E-state index contributed by atoms with van der Waals surface area (Å²) in [5.74, 6) is 0.339. The second-order valence-electron chi connectivity index (χ2n) is 5.94. The maximum atomic E-state index is 12.2. The third kappa shape index (κ3) is 7.70. The summed E-state index contributed by atoms with van der Waals surface area (Å²) < 4.78 is 0. The van der Waals surface area contributed by atoms with Crippen LogP contribution < -0.4 is 10.6 Å². The van der Waals surface area contributed by atoms with Crippen LogP contribution in [-0.4, -0.2) is 73.5 Å². The van der Waals surface area contributed by atoms with E-state index in [1.54, 1.807) is 0 Å². The van der Waals surface area contributed by atoms with Crippen LogP contribution >= 0.6 is 24.8 Å². The second-order valence-corrected chi connectivity index (χ2v) is 5.94. The number of carbonyl (C=O) groups is 2. The highest BCUT2D eigenvalue weighted by Gasteiger charge is 2.23. The van der Waals surface area contributed by atoms with Crippen LogP contribution in [-0.2, 0) is 9.59 Å². The zero-order chi connectivity index (χ0) is 15.1. The summed E-state index contributed by atoms with van der Waals surface area (Å²) in [5, 5.41) is 6.24. The van der Waals surface area contributed by atoms with Crippen LogP contribution in [0.4, 0.5) is 0 Å². The van der Waals surface area contributed by atoms with Crippen LogP contribution in [0.3, 0.4) is 0 Å². The monoisotopic (exact) mass is 368 g/mol. The van der Waals surface area contributed by atoms with Gasteiger partial charge in [0.2, 0.25) is 11.8 Å². The number of piperazine rings is 1. The van der Waals surface area contributed by atoms with Crippen molar-refractivity contribution >= 4 is 36.6 Å². The van der Waals surface area contributed by atoms with Crippen molar-refractivity contribution in [1.29, 1.82) is 0 Å². The molecule has 0 aromatic rings. The Balaban J connectivity index is 0.00000242. The van der Waals surface area contributed by atoms with E-state index in [9.17, 15) is 9.59 Å². The number of halogens is 2. The van der Waals surface area contributed by atoms with E-state index in [1.807, 2.05) is 11.8 Å². The number of nitrogens with zero attached hydrogens (tertiary/aromatic N) is 2. The van der Waals surface area contributed by atoms with Crippen LogP contribution in [0.15, 0.2) is 0 Å². The lowest BCUT2D eigenvalue weighted by atomic mass is 10.1. The van der Waals surface area contributed by atoms with Gasteiger partial charge in [-0.05, 0) is 32.7 Å². The average Bonchev–Trinajstić information content (AvgIpc) is 2.99. The second kappa shape index (κ2) is 11.9. The van der Waals surface area contributed by atoms with Crippen LogP contribution in [0.2, 0.25) is 0 Å². The number of amides is 2. The topological polar surface area (TPSA) is 64.7 Å². The molecule has 0 bridgehead atoms. The molecule has 2 rings (SSSR count). The number of rotatable bonds is 6. The minimum Gasteiger partial charge on any atom is -0.355 e. The number of likely N-dealkylation sites (N-methyl/N-ethyl adjacent to an activating group) is 1. The standard InChI is InChI=1S/C15H28N4O2.2ClH/c1-2-16-14(20)12-18-8-10-19(11-9-18)15(21)6-5-13-4-3-7-17-13;;/h13,17H,2-12H2,1H3,(H,16,20);2*1H. The molecule has 0 aromatic heterocycles. The van der Waals surface area contributed by atoms with E-state index < -0.39 is 0 Å². The maximum Gasteiger partial charge on any atom is 0.234 e. The first-order valence-corrected chi connectivity index (χ1v) is 8.19. The molecule has 2 saturated heterocycles. The fourth-order valence-corrected chi connectivity index (χ4v) is 3.07. The van der Waals surface area contributed by atoms with E-state index in [2.05, 4.69) is 15.5 Å². The van der Waals surface area contributed by atoms with E-state index in [0.29, 0.717) is 25.6 Å². The van der Waals surface area contributed by atoms with Crippen molar-refractivity contribution < 1.29 is 9.59 Å². The normalized spacial score (nSPS) is 21.3. The number of hydrogen-bond donors (Lipinski definition) is 2. The van der Waals surface area contributed by atoms with Crippen molar-refractivity contribution in [2.75, 3.05) is 45.8 Å². The minimum absolute atomic E-state index is 0. The largest absolute Gasteiger partial charge is 0.355 e. The Kier molecular flexibility index (Phi) is 11.6. The molecule has 8 heteroatoms. The van der Waals surface area contributed by atoms with Crippen molar-refractivity contribution in [2.45, 2.75) is 38.6 Å². The number of nitrogens with one attached hydrogen (secondary N) is 2. The van der Waals surface area contributed by atoms with Gasteiger partial charge < -0.3 is 15.5 Å². The van der Waals surface area contributed by atoms with Crippen LogP contribution in [0.5, 0.6) is 0 Å². The van der Waals surface area contributed by atoms with Gasteiger partial charge in [0.15, 0.2) is 0 Å². The molecule has 2 amide bonds. The molecule has 23 heavy (non-hydrogen) atoms. The fourth-order valence-electron chi connectivity index (χ4n) is 3.07. The van der Waals surface area contributed by atoms with Crippen LogP contribution in [0.25, 0.3) is 0 Å². The molecule has 0 radical (unpaired) electrons. The molecule has 6 nitrogen and oxygen atoms in total. The Morgan fingerprint density at radius 2 is 1.87 bits per heavy atom. The molecule has 2 aliphatic heterocycles. The molecule has 2 N–H and O–H groups in total. The van der Waals surface area contributed by atoms with Gasteiger partial charge in [0.05, 0.1) is 6.54 Å². The molecule has 0 aromatic carbocycles. The highest BCUT2D eigenvalue weighted by molar-refractivity contribution is 5.85. The van der Waals surface area contributed by atoms with Gasteiger partial charge in [0.25, 0.3) is 0 Å². The summed E-state index contributed by atoms with van der Waals surface area (Å²) in [5.41, 5.74) is 0. The highest BCUT2D eigenvalue weighted by atomic mass is 35.5. The van der Waals surface area contributed by atoms with Gasteiger partial charge in [0, 0.05) is 45.2 Å². The SMILES string of the molecule is CCNC(=O)CN1CCN(C(=O)CCC2CCCN2)CC1.Cl.Cl. The van der Waals surface area contributed by atoms with E-state index in [4.69, 9.17) is 0 Å². The smallest absolute Gasteiger partial charge is 0.234 e. The maximum absolute atomic E-state index is 12.2. The Morgan fingerprint density at radius 3 is 2.43 bits per heavy atom.